The van der Waals surface area contributed by atoms with Crippen molar-refractivity contribution in [1.82, 2.24) is 10.3 Å². The third kappa shape index (κ3) is 3.88. The molecule has 3 amide bonds. The lowest BCUT2D eigenvalue weighted by Crippen LogP contribution is -2.35. The fraction of sp³-hybridized carbons (Fsp3) is 0.188. The quantitative estimate of drug-likeness (QED) is 0.854. The van der Waals surface area contributed by atoms with E-state index in [1.807, 2.05) is 13.8 Å². The van der Waals surface area contributed by atoms with Gasteiger partial charge in [0, 0.05) is 11.4 Å². The summed E-state index contributed by atoms with van der Waals surface area (Å²) in [5.41, 5.74) is 0.803. The second kappa shape index (κ2) is 6.80. The van der Waals surface area contributed by atoms with Crippen molar-refractivity contribution in [3.63, 3.8) is 0 Å². The SMILES string of the molecule is CC(C)c1ccc(C(=O)NC(=O)Nc2ccccc2)c(F)n1. The van der Waals surface area contributed by atoms with Gasteiger partial charge in [0.1, 0.15) is 0 Å². The highest BCUT2D eigenvalue weighted by atomic mass is 19.1. The van der Waals surface area contributed by atoms with Crippen LogP contribution in [-0.4, -0.2) is 16.9 Å². The minimum absolute atomic E-state index is 0.0491. The monoisotopic (exact) mass is 301 g/mol. The van der Waals surface area contributed by atoms with Crippen LogP contribution in [0.15, 0.2) is 42.5 Å². The Morgan fingerprint density at radius 1 is 1.09 bits per heavy atom. The van der Waals surface area contributed by atoms with Crippen LogP contribution in [0.4, 0.5) is 14.9 Å². The summed E-state index contributed by atoms with van der Waals surface area (Å²) < 4.78 is 13.8. The number of nitrogens with zero attached hydrogens (tertiary/aromatic N) is 1. The first-order valence-electron chi connectivity index (χ1n) is 6.81. The standard InChI is InChI=1S/C16H16FN3O2/c1-10(2)13-9-8-12(14(17)19-13)15(21)20-16(22)18-11-6-4-3-5-7-11/h3-10H,1-2H3,(H2,18,20,21,22). The van der Waals surface area contributed by atoms with Crippen molar-refractivity contribution >= 4 is 17.6 Å². The Balaban J connectivity index is 2.04. The maximum absolute atomic E-state index is 13.8. The molecule has 1 heterocycles. The number of carbonyl (C=O) groups is 2. The minimum atomic E-state index is -0.892. The Morgan fingerprint density at radius 3 is 2.36 bits per heavy atom. The number of nitrogens with one attached hydrogen (secondary N) is 2. The zero-order valence-electron chi connectivity index (χ0n) is 12.3. The summed E-state index contributed by atoms with van der Waals surface area (Å²) >= 11 is 0. The van der Waals surface area contributed by atoms with Gasteiger partial charge in [-0.3, -0.25) is 10.1 Å². The molecule has 0 fully saturated rings. The Hall–Kier alpha value is -2.76. The molecule has 2 aromatic rings. The Kier molecular flexibility index (Phi) is 4.83. The van der Waals surface area contributed by atoms with E-state index < -0.39 is 17.9 Å². The Morgan fingerprint density at radius 2 is 1.77 bits per heavy atom. The minimum Gasteiger partial charge on any atom is -0.308 e. The molecular weight excluding hydrogens is 285 g/mol. The average molecular weight is 301 g/mol. The summed E-state index contributed by atoms with van der Waals surface area (Å²) in [4.78, 5) is 27.3. The molecule has 0 saturated carbocycles. The first-order valence-corrected chi connectivity index (χ1v) is 6.81. The van der Waals surface area contributed by atoms with Gasteiger partial charge in [0.2, 0.25) is 5.95 Å². The molecular formula is C16H16FN3O2. The summed E-state index contributed by atoms with van der Waals surface area (Å²) in [5.74, 6) is -1.68. The molecule has 0 radical (unpaired) electrons. The lowest BCUT2D eigenvalue weighted by atomic mass is 10.1. The number of imide groups is 1. The van der Waals surface area contributed by atoms with Gasteiger partial charge in [-0.05, 0) is 30.2 Å². The Bertz CT molecular complexity index is 687. The fourth-order valence-electron chi connectivity index (χ4n) is 1.79. The summed E-state index contributed by atoms with van der Waals surface area (Å²) in [6.07, 6.45) is 0. The van der Waals surface area contributed by atoms with E-state index in [-0.39, 0.29) is 11.5 Å². The second-order valence-electron chi connectivity index (χ2n) is 5.00. The van der Waals surface area contributed by atoms with Crippen molar-refractivity contribution in [3.05, 3.63) is 59.7 Å². The van der Waals surface area contributed by atoms with E-state index in [9.17, 15) is 14.0 Å². The molecule has 1 aromatic heterocycles. The van der Waals surface area contributed by atoms with Crippen LogP contribution in [0.5, 0.6) is 0 Å². The zero-order chi connectivity index (χ0) is 16.1. The number of carbonyl (C=O) groups excluding carboxylic acids is 2. The molecule has 0 atom stereocenters. The van der Waals surface area contributed by atoms with Gasteiger partial charge in [-0.25, -0.2) is 9.78 Å². The molecule has 2 N–H and O–H groups in total. The molecule has 0 bridgehead atoms. The van der Waals surface area contributed by atoms with E-state index in [0.717, 1.165) is 0 Å². The normalized spacial score (nSPS) is 10.4. The predicted molar refractivity (Wildman–Crippen MR) is 81.2 cm³/mol. The maximum Gasteiger partial charge on any atom is 0.326 e. The molecule has 6 heteroatoms. The average Bonchev–Trinajstić information content (AvgIpc) is 2.47. The molecule has 22 heavy (non-hydrogen) atoms. The van der Waals surface area contributed by atoms with Crippen LogP contribution in [0.1, 0.15) is 35.8 Å². The highest BCUT2D eigenvalue weighted by Gasteiger charge is 2.17. The van der Waals surface area contributed by atoms with E-state index >= 15 is 0 Å². The number of amides is 3. The van der Waals surface area contributed by atoms with Crippen LogP contribution in [0.25, 0.3) is 0 Å². The molecule has 0 aliphatic heterocycles. The third-order valence-corrected chi connectivity index (χ3v) is 2.97. The van der Waals surface area contributed by atoms with Crippen molar-refractivity contribution in [2.75, 3.05) is 5.32 Å². The van der Waals surface area contributed by atoms with Crippen molar-refractivity contribution < 1.29 is 14.0 Å². The van der Waals surface area contributed by atoms with Gasteiger partial charge in [0.05, 0.1) is 5.56 Å². The number of aromatic nitrogens is 1. The third-order valence-electron chi connectivity index (χ3n) is 2.97. The summed E-state index contributed by atoms with van der Waals surface area (Å²) in [5, 5.41) is 4.54. The highest BCUT2D eigenvalue weighted by molar-refractivity contribution is 6.07. The van der Waals surface area contributed by atoms with Crippen molar-refractivity contribution in [1.29, 1.82) is 0 Å². The van der Waals surface area contributed by atoms with E-state index in [1.165, 1.54) is 6.07 Å². The lowest BCUT2D eigenvalue weighted by Gasteiger charge is -2.09. The van der Waals surface area contributed by atoms with Crippen LogP contribution in [0.3, 0.4) is 0 Å². The first-order chi connectivity index (χ1) is 10.5. The number of hydrogen-bond acceptors (Lipinski definition) is 3. The van der Waals surface area contributed by atoms with Gasteiger partial charge in [0.15, 0.2) is 0 Å². The molecule has 1 aromatic carbocycles. The summed E-state index contributed by atoms with van der Waals surface area (Å²) in [7, 11) is 0. The topological polar surface area (TPSA) is 71.1 Å². The molecule has 0 unspecified atom stereocenters. The van der Waals surface area contributed by atoms with Crippen LogP contribution < -0.4 is 10.6 Å². The maximum atomic E-state index is 13.8. The van der Waals surface area contributed by atoms with Gasteiger partial charge in [-0.2, -0.15) is 4.39 Å². The second-order valence-corrected chi connectivity index (χ2v) is 5.00. The highest BCUT2D eigenvalue weighted by Crippen LogP contribution is 2.14. The summed E-state index contributed by atoms with van der Waals surface area (Å²) in [6.45, 7) is 3.74. The van der Waals surface area contributed by atoms with E-state index in [0.29, 0.717) is 11.4 Å². The number of hydrogen-bond donors (Lipinski definition) is 2. The smallest absolute Gasteiger partial charge is 0.308 e. The van der Waals surface area contributed by atoms with Gasteiger partial charge >= 0.3 is 6.03 Å². The van der Waals surface area contributed by atoms with Crippen molar-refractivity contribution in [2.45, 2.75) is 19.8 Å². The number of pyridine rings is 1. The van der Waals surface area contributed by atoms with Crippen LogP contribution >= 0.6 is 0 Å². The molecule has 114 valence electrons. The largest absolute Gasteiger partial charge is 0.326 e. The van der Waals surface area contributed by atoms with Crippen LogP contribution in [0.2, 0.25) is 0 Å². The van der Waals surface area contributed by atoms with Gasteiger partial charge < -0.3 is 5.32 Å². The Labute approximate surface area is 127 Å². The van der Waals surface area contributed by atoms with E-state index in [2.05, 4.69) is 15.6 Å². The molecule has 2 rings (SSSR count). The first kappa shape index (κ1) is 15.6. The molecule has 0 saturated heterocycles. The lowest BCUT2D eigenvalue weighted by molar-refractivity contribution is 0.0962. The fourth-order valence-corrected chi connectivity index (χ4v) is 1.79. The number of para-hydroxylation sites is 1. The number of anilines is 1. The van der Waals surface area contributed by atoms with Gasteiger partial charge in [0.25, 0.3) is 5.91 Å². The van der Waals surface area contributed by atoms with Crippen molar-refractivity contribution in [3.8, 4) is 0 Å². The van der Waals surface area contributed by atoms with Gasteiger partial charge in [-0.15, -0.1) is 0 Å². The molecule has 0 aliphatic carbocycles. The van der Waals surface area contributed by atoms with E-state index in [1.54, 1.807) is 36.4 Å². The molecule has 0 aliphatic rings. The predicted octanol–water partition coefficient (Wildman–Crippen LogP) is 3.31. The zero-order valence-corrected chi connectivity index (χ0v) is 12.3. The molecule has 0 spiro atoms. The van der Waals surface area contributed by atoms with Crippen LogP contribution in [-0.2, 0) is 0 Å². The van der Waals surface area contributed by atoms with Gasteiger partial charge in [-0.1, -0.05) is 32.0 Å². The van der Waals surface area contributed by atoms with Crippen LogP contribution in [0, 0.1) is 5.95 Å². The van der Waals surface area contributed by atoms with Crippen molar-refractivity contribution in [2.24, 2.45) is 0 Å². The molecule has 5 nitrogen and oxygen atoms in total. The number of urea groups is 1. The van der Waals surface area contributed by atoms with E-state index in [4.69, 9.17) is 0 Å². The summed E-state index contributed by atoms with van der Waals surface area (Å²) in [6, 6.07) is 10.8. The number of benzene rings is 1. The number of halogens is 1. The number of rotatable bonds is 3.